The lowest BCUT2D eigenvalue weighted by Gasteiger charge is -2.19. The zero-order valence-electron chi connectivity index (χ0n) is 16.1. The number of nitrogens with one attached hydrogen (secondary N) is 1. The van der Waals surface area contributed by atoms with Crippen molar-refractivity contribution in [3.63, 3.8) is 0 Å². The number of nitrogens with two attached hydrogens (primary N) is 1. The first-order chi connectivity index (χ1) is 14.6. The molecule has 32 heavy (non-hydrogen) atoms. The Morgan fingerprint density at radius 1 is 1.16 bits per heavy atom. The summed E-state index contributed by atoms with van der Waals surface area (Å²) in [4.78, 5) is 61.6. The molecule has 1 aromatic heterocycles. The molecule has 0 aliphatic carbocycles. The maximum absolute atomic E-state index is 12.1. The van der Waals surface area contributed by atoms with Gasteiger partial charge in [0.05, 0.1) is 12.7 Å². The van der Waals surface area contributed by atoms with Gasteiger partial charge in [0.2, 0.25) is 0 Å². The molecule has 0 saturated carbocycles. The molecule has 8 N–H and O–H groups in total. The van der Waals surface area contributed by atoms with Gasteiger partial charge in [0.25, 0.3) is 5.56 Å². The Morgan fingerprint density at radius 3 is 2.41 bits per heavy atom. The number of aliphatic hydroxyl groups excluding tert-OH is 1. The van der Waals surface area contributed by atoms with Crippen LogP contribution in [-0.4, -0.2) is 59.6 Å². The highest BCUT2D eigenvalue weighted by molar-refractivity contribution is 7.66. The number of rotatable bonds is 11. The first-order valence-corrected chi connectivity index (χ1v) is 13.3. The highest BCUT2D eigenvalue weighted by Crippen LogP contribution is 2.66. The van der Waals surface area contributed by atoms with Gasteiger partial charge >= 0.3 is 29.2 Å². The minimum Gasteiger partial charge on any atom is -0.390 e. The van der Waals surface area contributed by atoms with Crippen LogP contribution in [-0.2, 0) is 38.0 Å². The fourth-order valence-electron chi connectivity index (χ4n) is 2.72. The lowest BCUT2D eigenvalue weighted by Crippen LogP contribution is -2.34. The molecule has 0 radical (unpaired) electrons. The maximum atomic E-state index is 12.1. The number of aliphatic hydroxyl groups is 1. The molecular formula is C12H22N3O14P3. The summed E-state index contributed by atoms with van der Waals surface area (Å²) in [6.07, 6.45) is -1.96. The van der Waals surface area contributed by atoms with E-state index in [1.807, 2.05) is 0 Å². The minimum atomic E-state index is -5.69. The third kappa shape index (κ3) is 8.08. The predicted molar refractivity (Wildman–Crippen MR) is 103 cm³/mol. The Kier molecular flexibility index (Phi) is 8.92. The molecule has 0 bridgehead atoms. The summed E-state index contributed by atoms with van der Waals surface area (Å²) >= 11 is 0. The molecule has 17 nitrogen and oxygen atoms in total. The zero-order valence-corrected chi connectivity index (χ0v) is 18.8. The van der Waals surface area contributed by atoms with Crippen LogP contribution in [0.5, 0.6) is 0 Å². The summed E-state index contributed by atoms with van der Waals surface area (Å²) in [5.41, 5.74) is 4.20. The Bertz CT molecular complexity index is 1070. The first kappa shape index (κ1) is 27.2. The van der Waals surface area contributed by atoms with Gasteiger partial charge in [-0.2, -0.15) is 8.62 Å². The number of hydrogen-bond donors (Lipinski definition) is 7. The van der Waals surface area contributed by atoms with Gasteiger partial charge in [-0.1, -0.05) is 0 Å². The topological polar surface area (TPSA) is 270 Å². The molecule has 0 spiro atoms. The highest BCUT2D eigenvalue weighted by Gasteiger charge is 2.43. The summed E-state index contributed by atoms with van der Waals surface area (Å²) < 4.78 is 51.7. The molecule has 0 amide bonds. The minimum absolute atomic E-state index is 0.188. The SMILES string of the molecule is NCCCc1cn([C@H]2C[C@H](O)[C@@H](COP(=O)(O)OP(=O)(O)OP(=O)(O)O)O2)c(=O)[nH]c1=O. The van der Waals surface area contributed by atoms with Crippen molar-refractivity contribution in [3.05, 3.63) is 32.6 Å². The average molecular weight is 525 g/mol. The monoisotopic (exact) mass is 525 g/mol. The Labute approximate surface area is 179 Å². The summed E-state index contributed by atoms with van der Waals surface area (Å²) in [5.74, 6) is 0. The maximum Gasteiger partial charge on any atom is 0.490 e. The Hall–Kier alpha value is -1.03. The van der Waals surface area contributed by atoms with E-state index >= 15 is 0 Å². The van der Waals surface area contributed by atoms with Crippen molar-refractivity contribution in [3.8, 4) is 0 Å². The van der Waals surface area contributed by atoms with Crippen LogP contribution in [0.2, 0.25) is 0 Å². The van der Waals surface area contributed by atoms with E-state index in [2.05, 4.69) is 18.1 Å². The number of ether oxygens (including phenoxy) is 1. The molecule has 5 atom stereocenters. The molecule has 1 saturated heterocycles. The van der Waals surface area contributed by atoms with E-state index in [0.29, 0.717) is 13.0 Å². The number of hydrogen-bond acceptors (Lipinski definition) is 11. The van der Waals surface area contributed by atoms with Crippen LogP contribution >= 0.6 is 23.5 Å². The normalized spacial score (nSPS) is 25.4. The molecule has 1 aliphatic rings. The van der Waals surface area contributed by atoms with Gasteiger partial charge in [-0.25, -0.2) is 18.5 Å². The number of aromatic nitrogens is 2. The lowest BCUT2D eigenvalue weighted by molar-refractivity contribution is -0.0450. The number of H-pyrrole nitrogens is 1. The van der Waals surface area contributed by atoms with Crippen LogP contribution in [0.1, 0.15) is 24.6 Å². The largest absolute Gasteiger partial charge is 0.490 e. The molecule has 2 rings (SSSR count). The van der Waals surface area contributed by atoms with E-state index in [0.717, 1.165) is 4.57 Å². The van der Waals surface area contributed by atoms with E-state index < -0.39 is 59.8 Å². The van der Waals surface area contributed by atoms with Crippen molar-refractivity contribution in [1.82, 2.24) is 9.55 Å². The Balaban J connectivity index is 2.06. The highest BCUT2D eigenvalue weighted by atomic mass is 31.3. The standard InChI is InChI=1S/C12H22N3O14P3/c13-3-1-2-7-5-15(12(18)14-11(7)17)10-4-8(16)9(27-10)6-26-31(22,23)29-32(24,25)28-30(19,20)21/h5,8-10,16H,1-4,6,13H2,(H,22,23)(H,24,25)(H,14,17,18)(H2,19,20,21)/t8-,9+,10+/m0/s1. The smallest absolute Gasteiger partial charge is 0.390 e. The van der Waals surface area contributed by atoms with Crippen LogP contribution in [0.4, 0.5) is 0 Å². The second kappa shape index (κ2) is 10.5. The molecule has 2 heterocycles. The van der Waals surface area contributed by atoms with E-state index in [1.54, 1.807) is 0 Å². The number of phosphoric acid groups is 3. The van der Waals surface area contributed by atoms with E-state index in [1.165, 1.54) is 6.20 Å². The van der Waals surface area contributed by atoms with Crippen molar-refractivity contribution in [2.24, 2.45) is 5.73 Å². The first-order valence-electron chi connectivity index (χ1n) is 8.79. The van der Waals surface area contributed by atoms with Crippen molar-refractivity contribution >= 4 is 23.5 Å². The molecule has 1 fully saturated rings. The quantitative estimate of drug-likeness (QED) is 0.161. The number of aromatic amines is 1. The van der Waals surface area contributed by atoms with E-state index in [-0.39, 0.29) is 18.4 Å². The van der Waals surface area contributed by atoms with Gasteiger partial charge in [-0.15, -0.1) is 0 Å². The average Bonchev–Trinajstić information content (AvgIpc) is 2.97. The third-order valence-corrected chi connectivity index (χ3v) is 7.83. The molecule has 0 aromatic carbocycles. The second-order valence-corrected chi connectivity index (χ2v) is 11.0. The summed E-state index contributed by atoms with van der Waals surface area (Å²) in [7, 11) is -16.6. The molecule has 184 valence electrons. The number of nitrogens with zero attached hydrogens (tertiary/aromatic N) is 1. The van der Waals surface area contributed by atoms with Crippen LogP contribution < -0.4 is 17.0 Å². The predicted octanol–water partition coefficient (Wildman–Crippen LogP) is -1.58. The van der Waals surface area contributed by atoms with Gasteiger partial charge < -0.3 is 35.2 Å². The van der Waals surface area contributed by atoms with E-state index in [9.17, 15) is 33.3 Å². The fraction of sp³-hybridized carbons (Fsp3) is 0.667. The Morgan fingerprint density at radius 2 is 1.81 bits per heavy atom. The van der Waals surface area contributed by atoms with Crippen LogP contribution in [0.15, 0.2) is 15.8 Å². The fourth-order valence-corrected chi connectivity index (χ4v) is 5.75. The molecule has 1 aromatic rings. The summed E-state index contributed by atoms with van der Waals surface area (Å²) in [5, 5.41) is 10.1. The number of phosphoric ester groups is 1. The van der Waals surface area contributed by atoms with Gasteiger partial charge in [0.15, 0.2) is 0 Å². The van der Waals surface area contributed by atoms with Crippen molar-refractivity contribution in [2.45, 2.75) is 37.7 Å². The second-order valence-electron chi connectivity index (χ2n) is 6.53. The molecule has 20 heteroatoms. The van der Waals surface area contributed by atoms with Crippen LogP contribution in [0, 0.1) is 0 Å². The van der Waals surface area contributed by atoms with Crippen LogP contribution in [0.3, 0.4) is 0 Å². The van der Waals surface area contributed by atoms with Crippen molar-refractivity contribution in [2.75, 3.05) is 13.2 Å². The number of aryl methyl sites for hydroxylation is 1. The van der Waals surface area contributed by atoms with Gasteiger partial charge in [-0.05, 0) is 19.4 Å². The third-order valence-electron chi connectivity index (χ3n) is 4.02. The summed E-state index contributed by atoms with van der Waals surface area (Å²) in [6.45, 7) is -0.584. The van der Waals surface area contributed by atoms with Crippen molar-refractivity contribution < 1.29 is 56.3 Å². The lowest BCUT2D eigenvalue weighted by atomic mass is 10.1. The molecule has 1 aliphatic heterocycles. The van der Waals surface area contributed by atoms with Gasteiger partial charge in [-0.3, -0.25) is 18.9 Å². The van der Waals surface area contributed by atoms with Gasteiger partial charge in [0, 0.05) is 18.2 Å². The van der Waals surface area contributed by atoms with Gasteiger partial charge in [0.1, 0.15) is 12.3 Å². The van der Waals surface area contributed by atoms with Crippen LogP contribution in [0.25, 0.3) is 0 Å². The van der Waals surface area contributed by atoms with E-state index in [4.69, 9.17) is 25.2 Å². The zero-order chi connectivity index (χ0) is 24.3. The molecular weight excluding hydrogens is 503 g/mol. The molecule has 2 unspecified atom stereocenters. The summed E-state index contributed by atoms with van der Waals surface area (Å²) in [6, 6.07) is 0. The van der Waals surface area contributed by atoms with Crippen molar-refractivity contribution in [1.29, 1.82) is 0 Å².